The van der Waals surface area contributed by atoms with E-state index in [1.165, 1.54) is 38.5 Å². The summed E-state index contributed by atoms with van der Waals surface area (Å²) in [6.45, 7) is 5.73. The Morgan fingerprint density at radius 2 is 1.54 bits per heavy atom. The fourth-order valence-corrected chi connectivity index (χ4v) is 4.68. The fourth-order valence-electron chi connectivity index (χ4n) is 3.92. The summed E-state index contributed by atoms with van der Waals surface area (Å²) in [5, 5.41) is -0.0677. The summed E-state index contributed by atoms with van der Waals surface area (Å²) in [5.41, 5.74) is 0.920. The summed E-state index contributed by atoms with van der Waals surface area (Å²) in [5.74, 6) is 0.191. The first-order chi connectivity index (χ1) is 17.0. The molecule has 1 unspecified atom stereocenters. The lowest BCUT2D eigenvalue weighted by molar-refractivity contribution is -0.0464. The molecule has 0 spiro atoms. The van der Waals surface area contributed by atoms with Crippen LogP contribution in [0.1, 0.15) is 70.3 Å². The lowest BCUT2D eigenvalue weighted by atomic mass is 10.0. The van der Waals surface area contributed by atoms with E-state index >= 15 is 0 Å². The van der Waals surface area contributed by atoms with Crippen molar-refractivity contribution < 1.29 is 38.0 Å². The van der Waals surface area contributed by atoms with Crippen molar-refractivity contribution in [1.29, 1.82) is 0 Å². The van der Waals surface area contributed by atoms with Gasteiger partial charge in [0, 0.05) is 13.2 Å². The van der Waals surface area contributed by atoms with E-state index in [2.05, 4.69) is 6.92 Å². The number of hydrogen-bond acceptors (Lipinski definition) is 6. The van der Waals surface area contributed by atoms with Crippen molar-refractivity contribution in [3.05, 3.63) is 23.8 Å². The smallest absolute Gasteiger partial charge is 0.359 e. The van der Waals surface area contributed by atoms with Gasteiger partial charge in [-0.15, -0.1) is 0 Å². The van der Waals surface area contributed by atoms with Gasteiger partial charge in [0.2, 0.25) is 0 Å². The molecule has 2 N–H and O–H groups in total. The predicted molar refractivity (Wildman–Crippen MR) is 137 cm³/mol. The van der Waals surface area contributed by atoms with E-state index in [-0.39, 0.29) is 23.8 Å². The molecular weight excluding hydrogens is 471 g/mol. The molecular formula is C26H45O8P. The quantitative estimate of drug-likeness (QED) is 0.294. The van der Waals surface area contributed by atoms with Crippen LogP contribution in [-0.2, 0) is 29.9 Å². The molecule has 0 bridgehead atoms. The van der Waals surface area contributed by atoms with Gasteiger partial charge < -0.3 is 33.5 Å². The van der Waals surface area contributed by atoms with Gasteiger partial charge in [-0.2, -0.15) is 0 Å². The van der Waals surface area contributed by atoms with E-state index in [4.69, 9.17) is 23.7 Å². The number of unbranched alkanes of at least 4 members (excludes halogenated alkanes) is 7. The van der Waals surface area contributed by atoms with Crippen molar-refractivity contribution in [3.8, 4) is 5.75 Å². The minimum absolute atomic E-state index is 0.0677. The Morgan fingerprint density at radius 3 is 2.26 bits per heavy atom. The zero-order valence-electron chi connectivity index (χ0n) is 21.3. The number of ether oxygens (including phenoxy) is 5. The topological polar surface area (TPSA) is 104 Å². The van der Waals surface area contributed by atoms with Crippen LogP contribution in [0.15, 0.2) is 18.2 Å². The summed E-state index contributed by atoms with van der Waals surface area (Å²) in [7, 11) is -4.49. The second kappa shape index (κ2) is 18.3. The number of rotatable bonds is 13. The number of hydrogen-bond donors (Lipinski definition) is 2. The first-order valence-electron chi connectivity index (χ1n) is 13.2. The summed E-state index contributed by atoms with van der Waals surface area (Å²) < 4.78 is 40.4. The van der Waals surface area contributed by atoms with E-state index in [9.17, 15) is 14.4 Å². The molecule has 0 radical (unpaired) electrons. The van der Waals surface area contributed by atoms with Gasteiger partial charge in [-0.3, -0.25) is 4.57 Å². The van der Waals surface area contributed by atoms with E-state index in [0.717, 1.165) is 31.2 Å². The molecule has 8 nitrogen and oxygen atoms in total. The Hall–Kier alpha value is -0.990. The molecule has 2 rings (SSSR count). The summed E-state index contributed by atoms with van der Waals surface area (Å²) in [4.78, 5) is 19.9. The molecule has 0 amide bonds. The fraction of sp³-hybridized carbons (Fsp3) is 0.769. The Bertz CT molecular complexity index is 709. The van der Waals surface area contributed by atoms with Crippen LogP contribution < -0.4 is 10.0 Å². The predicted octanol–water partition coefficient (Wildman–Crippen LogP) is 4.39. The molecule has 1 saturated heterocycles. The van der Waals surface area contributed by atoms with Crippen molar-refractivity contribution in [3.63, 3.8) is 0 Å². The third-order valence-corrected chi connectivity index (χ3v) is 6.89. The van der Waals surface area contributed by atoms with Gasteiger partial charge in [0.15, 0.2) is 0 Å². The lowest BCUT2D eigenvalue weighted by Crippen LogP contribution is -2.29. The normalized spacial score (nSPS) is 18.9. The van der Waals surface area contributed by atoms with Crippen molar-refractivity contribution in [2.24, 2.45) is 0 Å². The van der Waals surface area contributed by atoms with Crippen LogP contribution in [0, 0.1) is 0 Å². The largest absolute Gasteiger partial charge is 0.490 e. The van der Waals surface area contributed by atoms with Gasteiger partial charge in [-0.25, -0.2) is 0 Å². The molecule has 0 aliphatic carbocycles. The Kier molecular flexibility index (Phi) is 15.8. The zero-order chi connectivity index (χ0) is 25.2. The first kappa shape index (κ1) is 30.2. The van der Waals surface area contributed by atoms with Crippen molar-refractivity contribution in [1.82, 2.24) is 0 Å². The third kappa shape index (κ3) is 13.8. The van der Waals surface area contributed by atoms with Gasteiger partial charge >= 0.3 is 7.60 Å². The standard InChI is InChI=1S/C26H45O8P/c1-2-3-4-5-6-7-8-9-11-23-12-13-25(26(20-23)35(27,28)29)34-22-24-21-32-19-18-31-17-16-30-14-10-15-33-24/h12-13,20,24H,2-11,14-19,21-22H2,1H3,(H2,27,28,29). The zero-order valence-corrected chi connectivity index (χ0v) is 22.2. The summed E-state index contributed by atoms with van der Waals surface area (Å²) in [6.07, 6.45) is 10.9. The van der Waals surface area contributed by atoms with E-state index in [1.54, 1.807) is 12.1 Å². The molecule has 9 heteroatoms. The molecule has 1 aliphatic heterocycles. The monoisotopic (exact) mass is 516 g/mol. The van der Waals surface area contributed by atoms with Crippen LogP contribution in [0.2, 0.25) is 0 Å². The van der Waals surface area contributed by atoms with Crippen LogP contribution in [0.4, 0.5) is 0 Å². The SMILES string of the molecule is CCCCCCCCCCc1ccc(OCC2COCCOCCOCCCO2)c(P(=O)(O)O)c1. The number of aryl methyl sites for hydroxylation is 1. The summed E-state index contributed by atoms with van der Waals surface area (Å²) >= 11 is 0. The minimum atomic E-state index is -4.49. The molecule has 202 valence electrons. The van der Waals surface area contributed by atoms with Crippen LogP contribution in [-0.4, -0.2) is 68.7 Å². The maximum absolute atomic E-state index is 12.2. The molecule has 1 fully saturated rings. The van der Waals surface area contributed by atoms with E-state index < -0.39 is 7.60 Å². The Morgan fingerprint density at radius 1 is 0.886 bits per heavy atom. The van der Waals surface area contributed by atoms with Gasteiger partial charge in [-0.1, -0.05) is 57.9 Å². The first-order valence-corrected chi connectivity index (χ1v) is 14.8. The molecule has 0 aromatic heterocycles. The molecule has 35 heavy (non-hydrogen) atoms. The summed E-state index contributed by atoms with van der Waals surface area (Å²) in [6, 6.07) is 5.15. The van der Waals surface area contributed by atoms with Gasteiger partial charge in [-0.05, 0) is 37.0 Å². The average Bonchev–Trinajstić information content (AvgIpc) is 2.86. The van der Waals surface area contributed by atoms with Crippen LogP contribution in [0.25, 0.3) is 0 Å². The highest BCUT2D eigenvalue weighted by molar-refractivity contribution is 7.60. The van der Waals surface area contributed by atoms with Gasteiger partial charge in [0.25, 0.3) is 0 Å². The van der Waals surface area contributed by atoms with Gasteiger partial charge in [0.05, 0.1) is 33.0 Å². The van der Waals surface area contributed by atoms with Crippen LogP contribution >= 0.6 is 7.60 Å². The second-order valence-corrected chi connectivity index (χ2v) is 10.6. The van der Waals surface area contributed by atoms with Crippen molar-refractivity contribution in [2.75, 3.05) is 52.9 Å². The molecule has 0 saturated carbocycles. The second-order valence-electron chi connectivity index (χ2n) is 9.03. The lowest BCUT2D eigenvalue weighted by Gasteiger charge is -2.20. The van der Waals surface area contributed by atoms with E-state index in [1.807, 2.05) is 6.07 Å². The highest BCUT2D eigenvalue weighted by Gasteiger charge is 2.24. The molecule has 1 atom stereocenters. The Balaban J connectivity index is 1.87. The van der Waals surface area contributed by atoms with Crippen LogP contribution in [0.5, 0.6) is 5.75 Å². The molecule has 1 heterocycles. The van der Waals surface area contributed by atoms with Crippen molar-refractivity contribution in [2.45, 2.75) is 77.2 Å². The molecule has 1 aromatic rings. The molecule has 1 aliphatic rings. The van der Waals surface area contributed by atoms with Crippen LogP contribution in [0.3, 0.4) is 0 Å². The number of benzene rings is 1. The molecule has 1 aromatic carbocycles. The maximum atomic E-state index is 12.2. The maximum Gasteiger partial charge on any atom is 0.359 e. The third-order valence-electron chi connectivity index (χ3n) is 5.92. The van der Waals surface area contributed by atoms with Gasteiger partial charge in [0.1, 0.15) is 23.8 Å². The minimum Gasteiger partial charge on any atom is -0.490 e. The van der Waals surface area contributed by atoms with Crippen molar-refractivity contribution >= 4 is 12.9 Å². The van der Waals surface area contributed by atoms with E-state index in [0.29, 0.717) is 46.2 Å². The Labute approximate surface area is 210 Å². The highest BCUT2D eigenvalue weighted by atomic mass is 31.2. The highest BCUT2D eigenvalue weighted by Crippen LogP contribution is 2.38. The average molecular weight is 517 g/mol.